The van der Waals surface area contributed by atoms with Crippen LogP contribution < -0.4 is 9.47 Å². The molecule has 7 nitrogen and oxygen atoms in total. The molecule has 1 saturated carbocycles. The van der Waals surface area contributed by atoms with Gasteiger partial charge in [0.2, 0.25) is 0 Å². The highest BCUT2D eigenvalue weighted by Gasteiger charge is 2.26. The molecule has 1 aromatic heterocycles. The summed E-state index contributed by atoms with van der Waals surface area (Å²) in [4.78, 5) is 25.9. The van der Waals surface area contributed by atoms with E-state index in [0.717, 1.165) is 39.9 Å². The van der Waals surface area contributed by atoms with Crippen molar-refractivity contribution >= 4 is 22.8 Å². The minimum absolute atomic E-state index is 0.222. The lowest BCUT2D eigenvalue weighted by atomic mass is 10.0. The van der Waals surface area contributed by atoms with Gasteiger partial charge in [0, 0.05) is 23.0 Å². The molecule has 0 radical (unpaired) electrons. The number of fused-ring (bicyclic) bond motifs is 1. The zero-order valence-electron chi connectivity index (χ0n) is 24.1. The average Bonchev–Trinajstić information content (AvgIpc) is 3.72. The van der Waals surface area contributed by atoms with Crippen molar-refractivity contribution in [1.82, 2.24) is 4.57 Å². The summed E-state index contributed by atoms with van der Waals surface area (Å²) in [5.74, 6) is 1.10. The molecule has 1 aliphatic rings. The molecule has 1 aliphatic carbocycles. The summed E-state index contributed by atoms with van der Waals surface area (Å²) in [6, 6.07) is 23.4. The molecule has 1 fully saturated rings. The Labute approximate surface area is 241 Å². The van der Waals surface area contributed by atoms with Crippen LogP contribution in [-0.4, -0.2) is 41.9 Å². The largest absolute Gasteiger partial charge is 0.493 e. The van der Waals surface area contributed by atoms with Gasteiger partial charge >= 0.3 is 11.9 Å². The van der Waals surface area contributed by atoms with E-state index in [1.807, 2.05) is 98.1 Å². The third kappa shape index (κ3) is 7.09. The topological polar surface area (TPSA) is 76.0 Å². The smallest absolute Gasteiger partial charge is 0.355 e. The zero-order valence-corrected chi connectivity index (χ0v) is 24.1. The molecule has 7 heteroatoms. The molecule has 0 N–H and O–H groups in total. The number of esters is 2. The molecule has 5 rings (SSSR count). The maximum absolute atomic E-state index is 13.5. The number of hydrogen-bond acceptors (Lipinski definition) is 6. The standard InChI is InChI=1S/C34H37NO6/c1-5-38-33(37)32-31(25-13-15-26(16-14-25)39-21-24-11-12-24)28-19-27(40-22-30(36)41-34(2,3)4)17-18-29(28)35(32)20-23-9-7-6-8-10-23/h6-10,13-19,24H,5,11-12,20-22H2,1-4H3. The summed E-state index contributed by atoms with van der Waals surface area (Å²) in [5, 5.41) is 0.817. The van der Waals surface area contributed by atoms with Crippen LogP contribution in [0.2, 0.25) is 0 Å². The number of hydrogen-bond donors (Lipinski definition) is 0. The van der Waals surface area contributed by atoms with Crippen molar-refractivity contribution in [3.05, 3.63) is 84.1 Å². The third-order valence-electron chi connectivity index (χ3n) is 6.79. The van der Waals surface area contributed by atoms with Gasteiger partial charge in [-0.25, -0.2) is 9.59 Å². The molecule has 0 amide bonds. The third-order valence-corrected chi connectivity index (χ3v) is 6.79. The van der Waals surface area contributed by atoms with Gasteiger partial charge in [0.25, 0.3) is 0 Å². The van der Waals surface area contributed by atoms with E-state index < -0.39 is 17.5 Å². The van der Waals surface area contributed by atoms with E-state index in [-0.39, 0.29) is 13.2 Å². The van der Waals surface area contributed by atoms with Crippen molar-refractivity contribution in [3.63, 3.8) is 0 Å². The van der Waals surface area contributed by atoms with E-state index in [1.165, 1.54) is 12.8 Å². The number of carbonyl (C=O) groups excluding carboxylic acids is 2. The van der Waals surface area contributed by atoms with Crippen molar-refractivity contribution in [2.45, 2.75) is 52.7 Å². The first kappa shape index (κ1) is 28.3. The Kier molecular flexibility index (Phi) is 8.34. The van der Waals surface area contributed by atoms with E-state index in [4.69, 9.17) is 18.9 Å². The van der Waals surface area contributed by atoms with Gasteiger partial charge in [-0.15, -0.1) is 0 Å². The molecule has 0 unspecified atom stereocenters. The van der Waals surface area contributed by atoms with E-state index in [0.29, 0.717) is 23.9 Å². The van der Waals surface area contributed by atoms with Crippen LogP contribution >= 0.6 is 0 Å². The Morgan fingerprint density at radius 3 is 2.27 bits per heavy atom. The van der Waals surface area contributed by atoms with Gasteiger partial charge in [0.1, 0.15) is 22.8 Å². The first-order valence-corrected chi connectivity index (χ1v) is 14.2. The normalized spacial score (nSPS) is 13.2. The van der Waals surface area contributed by atoms with Crippen molar-refractivity contribution in [2.75, 3.05) is 19.8 Å². The van der Waals surface area contributed by atoms with E-state index in [1.54, 1.807) is 6.92 Å². The summed E-state index contributed by atoms with van der Waals surface area (Å²) in [5.41, 5.74) is 3.36. The second-order valence-electron chi connectivity index (χ2n) is 11.3. The van der Waals surface area contributed by atoms with Gasteiger partial charge in [-0.2, -0.15) is 0 Å². The van der Waals surface area contributed by atoms with Gasteiger partial charge in [-0.3, -0.25) is 0 Å². The highest BCUT2D eigenvalue weighted by atomic mass is 16.6. The lowest BCUT2D eigenvalue weighted by Gasteiger charge is -2.19. The summed E-state index contributed by atoms with van der Waals surface area (Å²) in [6.45, 7) is 8.49. The van der Waals surface area contributed by atoms with E-state index in [2.05, 4.69) is 0 Å². The molecule has 1 heterocycles. The number of carbonyl (C=O) groups is 2. The number of benzene rings is 3. The predicted octanol–water partition coefficient (Wildman–Crippen LogP) is 7.04. The lowest BCUT2D eigenvalue weighted by molar-refractivity contribution is -0.157. The fourth-order valence-corrected chi connectivity index (χ4v) is 4.79. The summed E-state index contributed by atoms with van der Waals surface area (Å²) < 4.78 is 24.8. The number of aromatic nitrogens is 1. The molecule has 3 aromatic carbocycles. The Balaban J connectivity index is 1.58. The fourth-order valence-electron chi connectivity index (χ4n) is 4.79. The predicted molar refractivity (Wildman–Crippen MR) is 158 cm³/mol. The van der Waals surface area contributed by atoms with Crippen LogP contribution in [-0.2, 0) is 20.8 Å². The second kappa shape index (κ2) is 12.1. The lowest BCUT2D eigenvalue weighted by Crippen LogP contribution is -2.27. The van der Waals surface area contributed by atoms with E-state index >= 15 is 0 Å². The molecule has 214 valence electrons. The Bertz CT molecular complexity index is 1510. The average molecular weight is 556 g/mol. The highest BCUT2D eigenvalue weighted by molar-refractivity contribution is 6.09. The quantitative estimate of drug-likeness (QED) is 0.185. The number of ether oxygens (including phenoxy) is 4. The molecule has 0 saturated heterocycles. The van der Waals surface area contributed by atoms with Crippen molar-refractivity contribution < 1.29 is 28.5 Å². The SMILES string of the molecule is CCOC(=O)c1c(-c2ccc(OCC3CC3)cc2)c2cc(OCC(=O)OC(C)(C)C)ccc2n1Cc1ccccc1. The minimum Gasteiger partial charge on any atom is -0.493 e. The van der Waals surface area contributed by atoms with Crippen LogP contribution in [0.4, 0.5) is 0 Å². The molecule has 4 aromatic rings. The van der Waals surface area contributed by atoms with Crippen molar-refractivity contribution in [3.8, 4) is 22.6 Å². The fraction of sp³-hybridized carbons (Fsp3) is 0.353. The molecule has 41 heavy (non-hydrogen) atoms. The molecule has 0 aliphatic heterocycles. The first-order valence-electron chi connectivity index (χ1n) is 14.2. The van der Waals surface area contributed by atoms with Gasteiger partial charge in [0.15, 0.2) is 6.61 Å². The van der Waals surface area contributed by atoms with Crippen molar-refractivity contribution in [2.24, 2.45) is 5.92 Å². The summed E-state index contributed by atoms with van der Waals surface area (Å²) in [6.07, 6.45) is 2.44. The van der Waals surface area contributed by atoms with Gasteiger partial charge in [-0.05, 0) is 87.9 Å². The monoisotopic (exact) mass is 555 g/mol. The van der Waals surface area contributed by atoms with Gasteiger partial charge < -0.3 is 23.5 Å². The van der Waals surface area contributed by atoms with Crippen LogP contribution in [0, 0.1) is 5.92 Å². The van der Waals surface area contributed by atoms with Crippen molar-refractivity contribution in [1.29, 1.82) is 0 Å². The van der Waals surface area contributed by atoms with Crippen LogP contribution in [0.5, 0.6) is 11.5 Å². The first-order chi connectivity index (χ1) is 19.7. The molecule has 0 bridgehead atoms. The zero-order chi connectivity index (χ0) is 29.0. The van der Waals surface area contributed by atoms with E-state index in [9.17, 15) is 9.59 Å². The Hall–Kier alpha value is -4.26. The van der Waals surface area contributed by atoms with Crippen LogP contribution in [0.3, 0.4) is 0 Å². The Morgan fingerprint density at radius 2 is 1.61 bits per heavy atom. The molecular weight excluding hydrogens is 518 g/mol. The van der Waals surface area contributed by atoms with Gasteiger partial charge in [-0.1, -0.05) is 42.5 Å². The Morgan fingerprint density at radius 1 is 0.902 bits per heavy atom. The molecule has 0 atom stereocenters. The summed E-state index contributed by atoms with van der Waals surface area (Å²) in [7, 11) is 0. The summed E-state index contributed by atoms with van der Waals surface area (Å²) >= 11 is 0. The van der Waals surface area contributed by atoms with Crippen LogP contribution in [0.25, 0.3) is 22.0 Å². The maximum atomic E-state index is 13.5. The van der Waals surface area contributed by atoms with Gasteiger partial charge in [0.05, 0.1) is 13.2 Å². The second-order valence-corrected chi connectivity index (χ2v) is 11.3. The molecular formula is C34H37NO6. The van der Waals surface area contributed by atoms with Crippen LogP contribution in [0.15, 0.2) is 72.8 Å². The number of rotatable bonds is 11. The maximum Gasteiger partial charge on any atom is 0.355 e. The minimum atomic E-state index is -0.602. The van der Waals surface area contributed by atoms with Crippen LogP contribution in [0.1, 0.15) is 56.6 Å². The highest BCUT2D eigenvalue weighted by Crippen LogP contribution is 2.39. The number of nitrogens with zero attached hydrogens (tertiary/aromatic N) is 1. The molecule has 0 spiro atoms.